The SMILES string of the molecule is O=C([O-])c1nn2c(c1Br)N[C@H](c1cccs1)C[C@@H]2C(F)(F)F. The number of anilines is 1. The monoisotopic (exact) mass is 394 g/mol. The average molecular weight is 395 g/mol. The van der Waals surface area contributed by atoms with Gasteiger partial charge in [0.05, 0.1) is 16.5 Å². The van der Waals surface area contributed by atoms with E-state index in [1.165, 1.54) is 11.3 Å². The van der Waals surface area contributed by atoms with E-state index in [1.54, 1.807) is 17.5 Å². The van der Waals surface area contributed by atoms with Crippen LogP contribution < -0.4 is 10.4 Å². The van der Waals surface area contributed by atoms with Crippen LogP contribution in [-0.2, 0) is 0 Å². The number of aromatic carboxylic acids is 1. The number of halogens is 4. The summed E-state index contributed by atoms with van der Waals surface area (Å²) in [5.41, 5.74) is -0.552. The number of hydrogen-bond donors (Lipinski definition) is 1. The van der Waals surface area contributed by atoms with Gasteiger partial charge in [0, 0.05) is 11.3 Å². The summed E-state index contributed by atoms with van der Waals surface area (Å²) in [7, 11) is 0. The summed E-state index contributed by atoms with van der Waals surface area (Å²) in [6.45, 7) is 0. The van der Waals surface area contributed by atoms with Crippen LogP contribution in [0, 0.1) is 0 Å². The number of hydrogen-bond acceptors (Lipinski definition) is 5. The van der Waals surface area contributed by atoms with E-state index in [2.05, 4.69) is 26.3 Å². The Bertz CT molecular complexity index is 714. The van der Waals surface area contributed by atoms with Crippen LogP contribution in [0.1, 0.15) is 33.9 Å². The quantitative estimate of drug-likeness (QED) is 0.849. The predicted molar refractivity (Wildman–Crippen MR) is 74.6 cm³/mol. The Morgan fingerprint density at radius 1 is 1.55 bits per heavy atom. The zero-order valence-electron chi connectivity index (χ0n) is 10.7. The van der Waals surface area contributed by atoms with Gasteiger partial charge >= 0.3 is 6.18 Å². The molecule has 0 aromatic carbocycles. The number of carbonyl (C=O) groups is 1. The molecular weight excluding hydrogens is 387 g/mol. The third-order valence-corrected chi connectivity index (χ3v) is 5.11. The second-order valence-electron chi connectivity index (χ2n) is 4.75. The number of thiophene rings is 1. The number of carboxylic acid groups (broad SMARTS) is 1. The highest BCUT2D eigenvalue weighted by molar-refractivity contribution is 9.10. The summed E-state index contributed by atoms with van der Waals surface area (Å²) in [4.78, 5) is 11.7. The first kappa shape index (κ1) is 15.3. The smallest absolute Gasteiger partial charge is 0.410 e. The minimum absolute atomic E-state index is 0.00817. The fourth-order valence-electron chi connectivity index (χ4n) is 2.40. The van der Waals surface area contributed by atoms with Gasteiger partial charge in [-0.25, -0.2) is 4.68 Å². The van der Waals surface area contributed by atoms with Crippen molar-refractivity contribution in [2.24, 2.45) is 0 Å². The summed E-state index contributed by atoms with van der Waals surface area (Å²) in [5.74, 6) is -1.64. The van der Waals surface area contributed by atoms with E-state index >= 15 is 0 Å². The van der Waals surface area contributed by atoms with Crippen molar-refractivity contribution in [1.29, 1.82) is 0 Å². The van der Waals surface area contributed by atoms with Gasteiger partial charge in [0.2, 0.25) is 0 Å². The molecule has 22 heavy (non-hydrogen) atoms. The van der Waals surface area contributed by atoms with E-state index in [0.717, 1.165) is 4.88 Å². The van der Waals surface area contributed by atoms with Crippen molar-refractivity contribution in [2.45, 2.75) is 24.7 Å². The van der Waals surface area contributed by atoms with E-state index in [1.807, 2.05) is 0 Å². The standard InChI is InChI=1S/C12H9BrF3N3O2S/c13-8-9(11(20)21)18-19-7(12(14,15)16)4-5(17-10(8)19)6-2-1-3-22-6/h1-3,5,7,17H,4H2,(H,20,21)/p-1/t5-,7+/m0/s1. The van der Waals surface area contributed by atoms with Crippen LogP contribution >= 0.6 is 27.3 Å². The van der Waals surface area contributed by atoms with E-state index in [0.29, 0.717) is 4.68 Å². The Morgan fingerprint density at radius 3 is 2.82 bits per heavy atom. The summed E-state index contributed by atoms with van der Waals surface area (Å²) >= 11 is 4.32. The zero-order chi connectivity index (χ0) is 16.1. The summed E-state index contributed by atoms with van der Waals surface area (Å²) in [5, 5.41) is 19.2. The number of carboxylic acids is 1. The molecule has 1 aliphatic rings. The summed E-state index contributed by atoms with van der Waals surface area (Å²) in [6.07, 6.45) is -4.81. The number of nitrogens with one attached hydrogen (secondary N) is 1. The van der Waals surface area contributed by atoms with Crippen LogP contribution in [0.25, 0.3) is 0 Å². The molecule has 3 rings (SSSR count). The first-order valence-corrected chi connectivity index (χ1v) is 7.82. The third kappa shape index (κ3) is 2.50. The highest BCUT2D eigenvalue weighted by Crippen LogP contribution is 2.46. The molecule has 118 valence electrons. The van der Waals surface area contributed by atoms with Gasteiger partial charge < -0.3 is 15.2 Å². The Morgan fingerprint density at radius 2 is 2.27 bits per heavy atom. The van der Waals surface area contributed by atoms with Gasteiger partial charge in [-0.05, 0) is 27.4 Å². The lowest BCUT2D eigenvalue weighted by Crippen LogP contribution is -2.35. The highest BCUT2D eigenvalue weighted by Gasteiger charge is 2.47. The molecule has 5 nitrogen and oxygen atoms in total. The molecule has 0 bridgehead atoms. The van der Waals surface area contributed by atoms with Gasteiger partial charge in [0.25, 0.3) is 0 Å². The molecule has 0 saturated heterocycles. The van der Waals surface area contributed by atoms with E-state index < -0.39 is 29.9 Å². The Hall–Kier alpha value is -1.55. The molecule has 0 amide bonds. The lowest BCUT2D eigenvalue weighted by Gasteiger charge is -2.33. The maximum atomic E-state index is 13.3. The number of nitrogens with zero attached hydrogens (tertiary/aromatic N) is 2. The van der Waals surface area contributed by atoms with Crippen molar-refractivity contribution in [3.8, 4) is 0 Å². The van der Waals surface area contributed by atoms with Crippen LogP contribution in [-0.4, -0.2) is 21.9 Å². The molecule has 2 aromatic heterocycles. The van der Waals surface area contributed by atoms with Crippen LogP contribution in [0.4, 0.5) is 19.0 Å². The number of aromatic nitrogens is 2. The molecule has 0 radical (unpaired) electrons. The first-order chi connectivity index (χ1) is 10.3. The van der Waals surface area contributed by atoms with Gasteiger partial charge in [-0.3, -0.25) is 0 Å². The van der Waals surface area contributed by atoms with Gasteiger partial charge in [0.1, 0.15) is 11.5 Å². The Balaban J connectivity index is 2.10. The third-order valence-electron chi connectivity index (χ3n) is 3.38. The number of carbonyl (C=O) groups excluding carboxylic acids is 1. The van der Waals surface area contributed by atoms with Crippen molar-refractivity contribution in [1.82, 2.24) is 9.78 Å². The van der Waals surface area contributed by atoms with Crippen molar-refractivity contribution < 1.29 is 23.1 Å². The second-order valence-corrected chi connectivity index (χ2v) is 6.52. The Labute approximate surface area is 134 Å². The zero-order valence-corrected chi connectivity index (χ0v) is 13.1. The predicted octanol–water partition coefficient (Wildman–Crippen LogP) is 2.73. The largest absolute Gasteiger partial charge is 0.543 e. The fourth-order valence-corrected chi connectivity index (χ4v) is 3.72. The van der Waals surface area contributed by atoms with E-state index in [9.17, 15) is 23.1 Å². The van der Waals surface area contributed by atoms with Crippen molar-refractivity contribution >= 4 is 39.1 Å². The minimum Gasteiger partial charge on any atom is -0.543 e. The van der Waals surface area contributed by atoms with E-state index in [-0.39, 0.29) is 16.7 Å². The lowest BCUT2D eigenvalue weighted by molar-refractivity contribution is -0.255. The van der Waals surface area contributed by atoms with Crippen molar-refractivity contribution in [3.63, 3.8) is 0 Å². The molecule has 0 unspecified atom stereocenters. The Kier molecular flexibility index (Phi) is 3.68. The number of fused-ring (bicyclic) bond motifs is 1. The van der Waals surface area contributed by atoms with Crippen LogP contribution in [0.2, 0.25) is 0 Å². The fraction of sp³-hybridized carbons (Fsp3) is 0.333. The second kappa shape index (κ2) is 5.27. The minimum atomic E-state index is -4.54. The molecular formula is C12H8BrF3N3O2S-. The molecule has 1 aliphatic heterocycles. The molecule has 1 N–H and O–H groups in total. The number of rotatable bonds is 2. The summed E-state index contributed by atoms with van der Waals surface area (Å²) in [6, 6.07) is 1.01. The topological polar surface area (TPSA) is 70.0 Å². The molecule has 10 heteroatoms. The van der Waals surface area contributed by atoms with Gasteiger partial charge in [-0.15, -0.1) is 11.3 Å². The average Bonchev–Trinajstić information content (AvgIpc) is 3.05. The molecule has 3 heterocycles. The molecule has 0 aliphatic carbocycles. The van der Waals surface area contributed by atoms with Gasteiger partial charge in [-0.1, -0.05) is 6.07 Å². The van der Waals surface area contributed by atoms with Gasteiger partial charge in [-0.2, -0.15) is 18.3 Å². The lowest BCUT2D eigenvalue weighted by atomic mass is 10.0. The van der Waals surface area contributed by atoms with E-state index in [4.69, 9.17) is 0 Å². The van der Waals surface area contributed by atoms with Crippen LogP contribution in [0.3, 0.4) is 0 Å². The molecule has 0 saturated carbocycles. The van der Waals surface area contributed by atoms with Crippen molar-refractivity contribution in [3.05, 3.63) is 32.6 Å². The summed E-state index contributed by atoms with van der Waals surface area (Å²) < 4.78 is 40.6. The van der Waals surface area contributed by atoms with Gasteiger partial charge in [0.15, 0.2) is 6.04 Å². The molecule has 2 atom stereocenters. The normalized spacial score (nSPS) is 21.3. The maximum Gasteiger partial charge on any atom is 0.410 e. The molecule has 0 spiro atoms. The van der Waals surface area contributed by atoms with Crippen LogP contribution in [0.5, 0.6) is 0 Å². The van der Waals surface area contributed by atoms with Crippen LogP contribution in [0.15, 0.2) is 22.0 Å². The highest BCUT2D eigenvalue weighted by atomic mass is 79.9. The molecule has 2 aromatic rings. The maximum absolute atomic E-state index is 13.3. The molecule has 0 fully saturated rings. The first-order valence-electron chi connectivity index (χ1n) is 6.15. The number of alkyl halides is 3. The van der Waals surface area contributed by atoms with Crippen molar-refractivity contribution in [2.75, 3.05) is 5.32 Å².